The molecule has 0 amide bonds. The van der Waals surface area contributed by atoms with Gasteiger partial charge in [-0.25, -0.2) is 14.6 Å². The van der Waals surface area contributed by atoms with Crippen LogP contribution in [0.3, 0.4) is 0 Å². The molecule has 0 spiro atoms. The summed E-state index contributed by atoms with van der Waals surface area (Å²) in [6.45, 7) is 2.21. The molecule has 1 aromatic carbocycles. The zero-order valence-corrected chi connectivity index (χ0v) is 10.1. The van der Waals surface area contributed by atoms with Crippen LogP contribution >= 0.6 is 15.9 Å². The Labute approximate surface area is 100 Å². The minimum atomic E-state index is -0.731. The van der Waals surface area contributed by atoms with Gasteiger partial charge in [-0.2, -0.15) is 0 Å². The molecule has 1 rings (SSSR count). The van der Waals surface area contributed by atoms with E-state index in [9.17, 15) is 8.78 Å². The Kier molecular flexibility index (Phi) is 4.63. The molecule has 0 unspecified atom stereocenters. The third kappa shape index (κ3) is 3.14. The van der Waals surface area contributed by atoms with Crippen molar-refractivity contribution in [2.24, 2.45) is 10.8 Å². The van der Waals surface area contributed by atoms with Crippen LogP contribution in [0.25, 0.3) is 0 Å². The van der Waals surface area contributed by atoms with E-state index in [2.05, 4.69) is 31.7 Å². The Hall–Kier alpha value is -1.21. The number of anilines is 1. The SMILES string of the molecule is CCN=C(NN)Nc1c(F)cc(Br)cc1F. The van der Waals surface area contributed by atoms with Gasteiger partial charge in [0.25, 0.3) is 0 Å². The molecule has 4 nitrogen and oxygen atoms in total. The number of benzene rings is 1. The van der Waals surface area contributed by atoms with Crippen LogP contribution in [0.15, 0.2) is 21.6 Å². The highest BCUT2D eigenvalue weighted by molar-refractivity contribution is 9.10. The second-order valence-corrected chi connectivity index (χ2v) is 3.75. The minimum Gasteiger partial charge on any atom is -0.320 e. The number of hydrazine groups is 1. The fraction of sp³-hybridized carbons (Fsp3) is 0.222. The van der Waals surface area contributed by atoms with Crippen molar-refractivity contribution in [3.8, 4) is 0 Å². The van der Waals surface area contributed by atoms with Gasteiger partial charge in [0, 0.05) is 11.0 Å². The topological polar surface area (TPSA) is 62.4 Å². The lowest BCUT2D eigenvalue weighted by atomic mass is 10.3. The summed E-state index contributed by atoms with van der Waals surface area (Å²) in [7, 11) is 0. The zero-order valence-electron chi connectivity index (χ0n) is 8.52. The van der Waals surface area contributed by atoms with Crippen molar-refractivity contribution in [3.05, 3.63) is 28.2 Å². The maximum Gasteiger partial charge on any atom is 0.210 e. The van der Waals surface area contributed by atoms with E-state index < -0.39 is 11.6 Å². The van der Waals surface area contributed by atoms with Gasteiger partial charge < -0.3 is 5.32 Å². The summed E-state index contributed by atoms with van der Waals surface area (Å²) in [5.41, 5.74) is 1.92. The van der Waals surface area contributed by atoms with Crippen molar-refractivity contribution < 1.29 is 8.78 Å². The van der Waals surface area contributed by atoms with Crippen LogP contribution in [-0.2, 0) is 0 Å². The molecular weight excluding hydrogens is 282 g/mol. The van der Waals surface area contributed by atoms with Gasteiger partial charge in [0.1, 0.15) is 5.69 Å². The van der Waals surface area contributed by atoms with Crippen LogP contribution in [0.5, 0.6) is 0 Å². The number of hydrogen-bond acceptors (Lipinski definition) is 2. The minimum absolute atomic E-state index is 0.0997. The van der Waals surface area contributed by atoms with E-state index in [0.29, 0.717) is 11.0 Å². The Balaban J connectivity index is 3.01. The van der Waals surface area contributed by atoms with E-state index in [-0.39, 0.29) is 11.6 Å². The monoisotopic (exact) mass is 292 g/mol. The first kappa shape index (κ1) is 12.9. The lowest BCUT2D eigenvalue weighted by Crippen LogP contribution is -2.36. The lowest BCUT2D eigenvalue weighted by molar-refractivity contribution is 0.589. The molecule has 16 heavy (non-hydrogen) atoms. The second kappa shape index (κ2) is 5.76. The Morgan fingerprint density at radius 1 is 1.44 bits per heavy atom. The van der Waals surface area contributed by atoms with Crippen molar-refractivity contribution in [1.82, 2.24) is 5.43 Å². The van der Waals surface area contributed by atoms with Gasteiger partial charge in [0.2, 0.25) is 5.96 Å². The molecule has 0 saturated heterocycles. The number of hydrogen-bond donors (Lipinski definition) is 3. The smallest absolute Gasteiger partial charge is 0.210 e. The van der Waals surface area contributed by atoms with Crippen molar-refractivity contribution >= 4 is 27.6 Å². The van der Waals surface area contributed by atoms with Gasteiger partial charge >= 0.3 is 0 Å². The number of rotatable bonds is 2. The lowest BCUT2D eigenvalue weighted by Gasteiger charge is -2.10. The normalized spacial score (nSPS) is 11.4. The first-order valence-electron chi connectivity index (χ1n) is 4.51. The number of nitrogens with zero attached hydrogens (tertiary/aromatic N) is 1. The number of nitrogens with one attached hydrogen (secondary N) is 2. The number of aliphatic imine (C=N–C) groups is 1. The van der Waals surface area contributed by atoms with Crippen molar-refractivity contribution in [2.75, 3.05) is 11.9 Å². The number of nitrogens with two attached hydrogens (primary N) is 1. The van der Waals surface area contributed by atoms with E-state index in [1.165, 1.54) is 0 Å². The molecule has 0 atom stereocenters. The Morgan fingerprint density at radius 3 is 2.44 bits per heavy atom. The summed E-state index contributed by atoms with van der Waals surface area (Å²) >= 11 is 2.98. The summed E-state index contributed by atoms with van der Waals surface area (Å²) in [5.74, 6) is 3.78. The molecule has 0 aromatic heterocycles. The van der Waals surface area contributed by atoms with Crippen LogP contribution in [0, 0.1) is 11.6 Å². The van der Waals surface area contributed by atoms with E-state index in [4.69, 9.17) is 5.84 Å². The van der Waals surface area contributed by atoms with E-state index in [1.54, 1.807) is 6.92 Å². The van der Waals surface area contributed by atoms with Gasteiger partial charge in [-0.05, 0) is 19.1 Å². The molecule has 1 aromatic rings. The first-order chi connectivity index (χ1) is 7.58. The third-order valence-electron chi connectivity index (χ3n) is 1.70. The van der Waals surface area contributed by atoms with E-state index in [1.807, 2.05) is 0 Å². The number of guanidine groups is 1. The summed E-state index contributed by atoms with van der Waals surface area (Å²) in [6, 6.07) is 2.29. The van der Waals surface area contributed by atoms with Crippen molar-refractivity contribution in [2.45, 2.75) is 6.92 Å². The Bertz CT molecular complexity index is 385. The standard InChI is InChI=1S/C9H11BrF2N4/c1-2-14-9(16-13)15-8-6(11)3-5(10)4-7(8)12/h3-4H,2,13H2,1H3,(H2,14,15,16). The fourth-order valence-electron chi connectivity index (χ4n) is 1.06. The maximum atomic E-state index is 13.4. The van der Waals surface area contributed by atoms with Gasteiger partial charge in [-0.3, -0.25) is 10.4 Å². The highest BCUT2D eigenvalue weighted by atomic mass is 79.9. The fourth-order valence-corrected chi connectivity index (χ4v) is 1.46. The Morgan fingerprint density at radius 2 is 2.00 bits per heavy atom. The predicted molar refractivity (Wildman–Crippen MR) is 63.0 cm³/mol. The van der Waals surface area contributed by atoms with Crippen LogP contribution < -0.4 is 16.6 Å². The number of halogens is 3. The van der Waals surface area contributed by atoms with Gasteiger partial charge in [0.05, 0.1) is 0 Å². The summed E-state index contributed by atoms with van der Waals surface area (Å²) in [4.78, 5) is 3.87. The zero-order chi connectivity index (χ0) is 12.1. The predicted octanol–water partition coefficient (Wildman–Crippen LogP) is 1.98. The maximum absolute atomic E-state index is 13.4. The highest BCUT2D eigenvalue weighted by Gasteiger charge is 2.11. The molecular formula is C9H11BrF2N4. The van der Waals surface area contributed by atoms with Crippen LogP contribution in [0.2, 0.25) is 0 Å². The molecule has 0 radical (unpaired) electrons. The van der Waals surface area contributed by atoms with Crippen molar-refractivity contribution in [1.29, 1.82) is 0 Å². The summed E-state index contributed by atoms with van der Waals surface area (Å²) in [5, 5.41) is 2.44. The molecule has 0 aliphatic heterocycles. The quantitative estimate of drug-likeness (QED) is 0.338. The van der Waals surface area contributed by atoms with Crippen LogP contribution in [-0.4, -0.2) is 12.5 Å². The van der Waals surface area contributed by atoms with Crippen molar-refractivity contribution in [3.63, 3.8) is 0 Å². The van der Waals surface area contributed by atoms with Gasteiger partial charge in [-0.1, -0.05) is 15.9 Å². The molecule has 7 heteroatoms. The largest absolute Gasteiger partial charge is 0.320 e. The van der Waals surface area contributed by atoms with Crippen LogP contribution in [0.1, 0.15) is 6.92 Å². The van der Waals surface area contributed by atoms with Crippen LogP contribution in [0.4, 0.5) is 14.5 Å². The molecule has 0 heterocycles. The third-order valence-corrected chi connectivity index (χ3v) is 2.16. The molecule has 0 aliphatic carbocycles. The highest BCUT2D eigenvalue weighted by Crippen LogP contribution is 2.23. The summed E-state index contributed by atoms with van der Waals surface area (Å²) in [6.07, 6.45) is 0. The molecule has 0 saturated carbocycles. The molecule has 88 valence electrons. The average Bonchev–Trinajstić information content (AvgIpc) is 2.21. The average molecular weight is 293 g/mol. The summed E-state index contributed by atoms with van der Waals surface area (Å²) < 4.78 is 27.1. The molecule has 0 bridgehead atoms. The van der Waals surface area contributed by atoms with Gasteiger partial charge in [-0.15, -0.1) is 0 Å². The molecule has 0 aliphatic rings. The van der Waals surface area contributed by atoms with E-state index in [0.717, 1.165) is 12.1 Å². The molecule has 0 fully saturated rings. The second-order valence-electron chi connectivity index (χ2n) is 2.84. The molecule has 4 N–H and O–H groups in total. The van der Waals surface area contributed by atoms with Gasteiger partial charge in [0.15, 0.2) is 11.6 Å². The first-order valence-corrected chi connectivity index (χ1v) is 5.30. The van der Waals surface area contributed by atoms with E-state index >= 15 is 0 Å².